The number of nitro groups is 1. The third kappa shape index (κ3) is 2.09. The van der Waals surface area contributed by atoms with Gasteiger partial charge in [0.05, 0.1) is 0 Å². The molecule has 0 radical (unpaired) electrons. The predicted octanol–water partition coefficient (Wildman–Crippen LogP) is 1.01. The summed E-state index contributed by atoms with van der Waals surface area (Å²) in [5.41, 5.74) is 0. The van der Waals surface area contributed by atoms with Gasteiger partial charge in [-0.05, 0) is 16.0 Å². The van der Waals surface area contributed by atoms with E-state index < -0.39 is 4.92 Å². The van der Waals surface area contributed by atoms with Crippen molar-refractivity contribution in [2.45, 2.75) is 4.90 Å². The summed E-state index contributed by atoms with van der Waals surface area (Å²) in [6.45, 7) is 0. The van der Waals surface area contributed by atoms with Gasteiger partial charge in [-0.15, -0.1) is 0 Å². The molecule has 0 saturated heterocycles. The van der Waals surface area contributed by atoms with E-state index in [1.54, 1.807) is 6.07 Å². The maximum Gasteiger partial charge on any atom is 0.363 e. The van der Waals surface area contributed by atoms with Crippen molar-refractivity contribution in [1.82, 2.24) is 4.98 Å². The molecule has 0 aliphatic carbocycles. The van der Waals surface area contributed by atoms with E-state index in [0.717, 1.165) is 4.90 Å². The Morgan fingerprint density at radius 2 is 2.36 bits per heavy atom. The molecule has 1 aromatic heterocycles. The third-order valence-corrected chi connectivity index (χ3v) is 2.21. The van der Waals surface area contributed by atoms with Gasteiger partial charge in [-0.2, -0.15) is 0 Å². The van der Waals surface area contributed by atoms with Gasteiger partial charge in [0.15, 0.2) is 6.20 Å². The topological polar surface area (TPSA) is 56.0 Å². The van der Waals surface area contributed by atoms with Crippen LogP contribution in [0.15, 0.2) is 23.2 Å². The van der Waals surface area contributed by atoms with Crippen molar-refractivity contribution in [2.24, 2.45) is 0 Å². The van der Waals surface area contributed by atoms with Crippen LogP contribution in [-0.2, 0) is 11.7 Å². The molecule has 0 aliphatic heterocycles. The second-order valence-corrected chi connectivity index (χ2v) is 3.00. The Labute approximate surface area is 72.0 Å². The molecule has 0 N–H and O–H groups in total. The zero-order valence-corrected chi connectivity index (χ0v) is 7.17. The Balaban J connectivity index is 2.91. The highest BCUT2D eigenvalue weighted by molar-refractivity contribution is 8.59. The van der Waals surface area contributed by atoms with E-state index in [4.69, 9.17) is 0 Å². The maximum atomic E-state index is 10.1. The fourth-order valence-corrected chi connectivity index (χ4v) is 1.14. The summed E-state index contributed by atoms with van der Waals surface area (Å²) in [6, 6.07) is 2.99. The molecule has 1 rings (SSSR count). The molecule has 11 heavy (non-hydrogen) atoms. The summed E-state index contributed by atoms with van der Waals surface area (Å²) in [7, 11) is 1.31. The van der Waals surface area contributed by atoms with Gasteiger partial charge in [0.2, 0.25) is 0 Å². The molecule has 0 aliphatic rings. The second kappa shape index (κ2) is 3.59. The summed E-state index contributed by atoms with van der Waals surface area (Å²) in [6.07, 6.45) is 1.44. The van der Waals surface area contributed by atoms with E-state index in [9.17, 15) is 10.1 Å². The Kier molecular flexibility index (Phi) is 2.72. The van der Waals surface area contributed by atoms with Crippen LogP contribution in [0.4, 0.5) is 5.82 Å². The van der Waals surface area contributed by atoms with Gasteiger partial charge in [-0.1, -0.05) is 0 Å². The lowest BCUT2D eigenvalue weighted by molar-refractivity contribution is -0.389. The van der Waals surface area contributed by atoms with Crippen LogP contribution in [0.25, 0.3) is 0 Å². The molecule has 0 unspecified atom stereocenters. The zero-order valence-electron chi connectivity index (χ0n) is 5.35. The minimum absolute atomic E-state index is 0.130. The molecule has 0 saturated carbocycles. The van der Waals surface area contributed by atoms with Gasteiger partial charge >= 0.3 is 5.82 Å². The lowest BCUT2D eigenvalue weighted by atomic mass is 10.5. The fourth-order valence-electron chi connectivity index (χ4n) is 0.541. The Hall–Kier alpha value is -0.750. The quantitative estimate of drug-likeness (QED) is 0.301. The first-order valence-corrected chi connectivity index (χ1v) is 4.72. The van der Waals surface area contributed by atoms with E-state index in [0.29, 0.717) is 0 Å². The molecule has 0 amide bonds. The molecule has 1 heterocycles. The third-order valence-electron chi connectivity index (χ3n) is 1.03. The van der Waals surface area contributed by atoms with Crippen LogP contribution in [0, 0.1) is 10.1 Å². The van der Waals surface area contributed by atoms with Gasteiger partial charge in [0.1, 0.15) is 15.7 Å². The van der Waals surface area contributed by atoms with Crippen LogP contribution in [0.2, 0.25) is 0 Å². The average Bonchev–Trinajstić information content (AvgIpc) is 2.05. The molecule has 6 heteroatoms. The average molecular weight is 189 g/mol. The summed E-state index contributed by atoms with van der Waals surface area (Å²) >= 11 is 3.17. The molecular formula is C5H5N2O2S2+. The Morgan fingerprint density at radius 3 is 2.73 bits per heavy atom. The minimum Gasteiger partial charge on any atom is -0.358 e. The molecule has 0 fully saturated rings. The van der Waals surface area contributed by atoms with E-state index >= 15 is 0 Å². The molecule has 0 aromatic carbocycles. The van der Waals surface area contributed by atoms with Crippen molar-refractivity contribution in [3.8, 4) is 0 Å². The number of hydrogen-bond acceptors (Lipinski definition) is 4. The summed E-state index contributed by atoms with van der Waals surface area (Å²) in [4.78, 5) is 14.0. The first kappa shape index (κ1) is 8.35. The monoisotopic (exact) mass is 189 g/mol. The van der Waals surface area contributed by atoms with Crippen LogP contribution in [0.3, 0.4) is 0 Å². The normalized spacial score (nSPS) is 9.55. The molecule has 0 atom stereocenters. The molecule has 4 nitrogen and oxygen atoms in total. The van der Waals surface area contributed by atoms with E-state index in [-0.39, 0.29) is 5.82 Å². The number of nitrogens with zero attached hydrogens (tertiary/aromatic N) is 2. The van der Waals surface area contributed by atoms with Crippen LogP contribution in [0.5, 0.6) is 0 Å². The summed E-state index contributed by atoms with van der Waals surface area (Å²) in [5.74, 6) is -0.130. The molecule has 0 bridgehead atoms. The van der Waals surface area contributed by atoms with Gasteiger partial charge < -0.3 is 10.1 Å². The SMILES string of the molecule is O=[N+]([O-])c1ccc(S[SH2+])cn1. The highest BCUT2D eigenvalue weighted by Gasteiger charge is 2.06. The molecule has 1 aromatic rings. The van der Waals surface area contributed by atoms with Crippen LogP contribution in [0.1, 0.15) is 0 Å². The minimum atomic E-state index is -0.526. The van der Waals surface area contributed by atoms with Crippen molar-refractivity contribution in [1.29, 1.82) is 0 Å². The summed E-state index contributed by atoms with van der Waals surface area (Å²) < 4.78 is 0. The fraction of sp³-hybridized carbons (Fsp3) is 0. The lowest BCUT2D eigenvalue weighted by Gasteiger charge is -1.89. The van der Waals surface area contributed by atoms with E-state index in [1.165, 1.54) is 23.1 Å². The maximum absolute atomic E-state index is 10.1. The van der Waals surface area contributed by atoms with Crippen LogP contribution in [-0.4, -0.2) is 9.91 Å². The smallest absolute Gasteiger partial charge is 0.358 e. The van der Waals surface area contributed by atoms with Gasteiger partial charge in [0, 0.05) is 17.7 Å². The number of aromatic nitrogens is 1. The van der Waals surface area contributed by atoms with Crippen molar-refractivity contribution in [2.75, 3.05) is 0 Å². The van der Waals surface area contributed by atoms with Gasteiger partial charge in [0.25, 0.3) is 0 Å². The largest absolute Gasteiger partial charge is 0.363 e. The second-order valence-electron chi connectivity index (χ2n) is 1.71. The highest BCUT2D eigenvalue weighted by atomic mass is 33.1. The van der Waals surface area contributed by atoms with E-state index in [2.05, 4.69) is 16.6 Å². The lowest BCUT2D eigenvalue weighted by Crippen LogP contribution is -1.90. The van der Waals surface area contributed by atoms with Crippen LogP contribution >= 0.6 is 10.8 Å². The first-order chi connectivity index (χ1) is 5.24. The molecule has 0 spiro atoms. The first-order valence-electron chi connectivity index (χ1n) is 2.68. The number of hydrogen-bond donors (Lipinski definition) is 0. The highest BCUT2D eigenvalue weighted by Crippen LogP contribution is 2.16. The zero-order chi connectivity index (χ0) is 8.27. The van der Waals surface area contributed by atoms with Crippen LogP contribution < -0.4 is 0 Å². The number of rotatable bonds is 2. The van der Waals surface area contributed by atoms with Gasteiger partial charge in [-0.3, -0.25) is 0 Å². The van der Waals surface area contributed by atoms with Crippen molar-refractivity contribution >= 4 is 28.3 Å². The standard InChI is InChI=1S/C5H4N2O2S2/c8-7(9)5-2-1-4(11-10)3-6-5/h1-3,10H/p+1. The van der Waals surface area contributed by atoms with Crippen molar-refractivity contribution in [3.05, 3.63) is 28.4 Å². The number of pyridine rings is 1. The predicted molar refractivity (Wildman–Crippen MR) is 46.9 cm³/mol. The van der Waals surface area contributed by atoms with Gasteiger partial charge in [-0.25, -0.2) is 0 Å². The molecular weight excluding hydrogens is 184 g/mol. The van der Waals surface area contributed by atoms with Crippen molar-refractivity contribution in [3.63, 3.8) is 0 Å². The summed E-state index contributed by atoms with van der Waals surface area (Å²) in [5, 5.41) is 10.1. The molecule has 58 valence electrons. The van der Waals surface area contributed by atoms with Crippen molar-refractivity contribution < 1.29 is 4.92 Å². The Bertz CT molecular complexity index is 262. The van der Waals surface area contributed by atoms with E-state index in [1.807, 2.05) is 0 Å². The Morgan fingerprint density at radius 1 is 1.64 bits per heavy atom.